The van der Waals surface area contributed by atoms with Crippen molar-refractivity contribution in [3.63, 3.8) is 0 Å². The fourth-order valence-electron chi connectivity index (χ4n) is 5.95. The van der Waals surface area contributed by atoms with E-state index in [2.05, 4.69) is 10.2 Å². The van der Waals surface area contributed by atoms with Gasteiger partial charge < -0.3 is 19.5 Å². The second-order valence-electron chi connectivity index (χ2n) is 10.5. The number of nitrogens with one attached hydrogen (secondary N) is 1. The molecule has 1 N–H and O–H groups in total. The summed E-state index contributed by atoms with van der Waals surface area (Å²) in [4.78, 5) is 42.0. The average Bonchev–Trinajstić information content (AvgIpc) is 3.45. The van der Waals surface area contributed by atoms with Crippen molar-refractivity contribution >= 4 is 23.4 Å². The lowest BCUT2D eigenvalue weighted by Gasteiger charge is -2.25. The summed E-state index contributed by atoms with van der Waals surface area (Å²) in [6.45, 7) is 6.92. The van der Waals surface area contributed by atoms with Crippen molar-refractivity contribution in [1.29, 1.82) is 0 Å². The molecule has 2 amide bonds. The van der Waals surface area contributed by atoms with E-state index in [4.69, 9.17) is 16.0 Å². The normalized spacial score (nSPS) is 19.6. The molecule has 0 radical (unpaired) electrons. The van der Waals surface area contributed by atoms with E-state index in [9.17, 15) is 18.8 Å². The highest BCUT2D eigenvalue weighted by Gasteiger charge is 2.42. The van der Waals surface area contributed by atoms with Gasteiger partial charge in [-0.25, -0.2) is 9.18 Å². The van der Waals surface area contributed by atoms with Crippen molar-refractivity contribution in [2.24, 2.45) is 11.8 Å². The monoisotopic (exact) mass is 551 g/mol. The van der Waals surface area contributed by atoms with Crippen LogP contribution in [-0.2, 0) is 0 Å². The summed E-state index contributed by atoms with van der Waals surface area (Å²) in [5.74, 6) is -0.311. The Labute approximate surface area is 231 Å². The van der Waals surface area contributed by atoms with Crippen LogP contribution in [0.5, 0.6) is 0 Å². The van der Waals surface area contributed by atoms with E-state index in [0.29, 0.717) is 48.2 Å². The molecule has 2 fully saturated rings. The standard InChI is InChI=1S/C30H31ClFN3O4/c1-18-13-26(36)39-19(2)27(18)29(37)33-25(20-7-4-3-5-8-20)11-12-34-14-21-16-35(17-22(21)15-34)30(38)28-23(31)9-6-10-24(28)32/h3-10,13,21-22,25H,11-12,14-17H2,1-2H3,(H,33,37)/t21?,22?,25-/m0/s1. The molecule has 3 heterocycles. The number of hydrogen-bond donors (Lipinski definition) is 1. The Morgan fingerprint density at radius 2 is 1.72 bits per heavy atom. The highest BCUT2D eigenvalue weighted by Crippen LogP contribution is 2.34. The lowest BCUT2D eigenvalue weighted by atomic mass is 10.0. The Morgan fingerprint density at radius 3 is 2.36 bits per heavy atom. The molecule has 3 aromatic rings. The lowest BCUT2D eigenvalue weighted by Crippen LogP contribution is -2.36. The maximum absolute atomic E-state index is 14.3. The largest absolute Gasteiger partial charge is 0.427 e. The van der Waals surface area contributed by atoms with Gasteiger partial charge in [-0.05, 0) is 55.4 Å². The molecule has 2 aliphatic heterocycles. The van der Waals surface area contributed by atoms with Crippen LogP contribution in [0.15, 0.2) is 63.8 Å². The zero-order chi connectivity index (χ0) is 27.7. The number of nitrogens with zero attached hydrogens (tertiary/aromatic N) is 2. The zero-order valence-electron chi connectivity index (χ0n) is 22.0. The van der Waals surface area contributed by atoms with E-state index in [1.54, 1.807) is 18.7 Å². The first-order valence-corrected chi connectivity index (χ1v) is 13.5. The number of halogens is 2. The second kappa shape index (κ2) is 11.3. The van der Waals surface area contributed by atoms with Gasteiger partial charge in [0.1, 0.15) is 11.6 Å². The first kappa shape index (κ1) is 27.1. The van der Waals surface area contributed by atoms with Gasteiger partial charge in [-0.15, -0.1) is 0 Å². The fraction of sp³-hybridized carbons (Fsp3) is 0.367. The van der Waals surface area contributed by atoms with Crippen molar-refractivity contribution < 1.29 is 18.4 Å². The Hall–Kier alpha value is -3.49. The van der Waals surface area contributed by atoms with Gasteiger partial charge in [0.15, 0.2) is 0 Å². The minimum absolute atomic E-state index is 0.0550. The predicted molar refractivity (Wildman–Crippen MR) is 146 cm³/mol. The van der Waals surface area contributed by atoms with Gasteiger partial charge in [0, 0.05) is 38.8 Å². The molecule has 2 aliphatic rings. The lowest BCUT2D eigenvalue weighted by molar-refractivity contribution is 0.0769. The fourth-order valence-corrected chi connectivity index (χ4v) is 6.19. The summed E-state index contributed by atoms with van der Waals surface area (Å²) in [5.41, 5.74) is 1.43. The SMILES string of the molecule is Cc1cc(=O)oc(C)c1C(=O)N[C@@H](CCN1CC2CN(C(=O)c3c(F)cccc3Cl)CC2C1)c1ccccc1. The number of likely N-dealkylation sites (tertiary alicyclic amines) is 2. The molecule has 0 spiro atoms. The van der Waals surface area contributed by atoms with Crippen molar-refractivity contribution in [3.8, 4) is 0 Å². The molecule has 9 heteroatoms. The molecular weight excluding hydrogens is 521 g/mol. The number of aryl methyl sites for hydroxylation is 2. The summed E-state index contributed by atoms with van der Waals surface area (Å²) < 4.78 is 19.5. The van der Waals surface area contributed by atoms with E-state index >= 15 is 0 Å². The van der Waals surface area contributed by atoms with E-state index in [0.717, 1.165) is 25.2 Å². The molecule has 2 unspecified atom stereocenters. The minimum Gasteiger partial charge on any atom is -0.427 e. The van der Waals surface area contributed by atoms with Gasteiger partial charge in [0.2, 0.25) is 0 Å². The molecule has 0 saturated carbocycles. The van der Waals surface area contributed by atoms with Crippen LogP contribution in [0, 0.1) is 31.5 Å². The molecular formula is C30H31ClFN3O4. The zero-order valence-corrected chi connectivity index (χ0v) is 22.7. The highest BCUT2D eigenvalue weighted by atomic mass is 35.5. The van der Waals surface area contributed by atoms with Gasteiger partial charge in [0.05, 0.1) is 22.2 Å². The molecule has 0 bridgehead atoms. The van der Waals surface area contributed by atoms with Gasteiger partial charge in [-0.3, -0.25) is 9.59 Å². The van der Waals surface area contributed by atoms with Crippen molar-refractivity contribution in [1.82, 2.24) is 15.1 Å². The highest BCUT2D eigenvalue weighted by molar-refractivity contribution is 6.33. The molecule has 1 aromatic heterocycles. The van der Waals surface area contributed by atoms with Crippen molar-refractivity contribution in [2.75, 3.05) is 32.7 Å². The molecule has 3 atom stereocenters. The number of rotatable bonds is 7. The minimum atomic E-state index is -0.594. The quantitative estimate of drug-likeness (QED) is 0.463. The van der Waals surface area contributed by atoms with Crippen LogP contribution in [-0.4, -0.2) is 54.3 Å². The number of benzene rings is 2. The number of fused-ring (bicyclic) bond motifs is 1. The number of hydrogen-bond acceptors (Lipinski definition) is 5. The van der Waals surface area contributed by atoms with E-state index in [1.807, 2.05) is 30.3 Å². The van der Waals surface area contributed by atoms with Crippen molar-refractivity contribution in [2.45, 2.75) is 26.3 Å². The van der Waals surface area contributed by atoms with Crippen molar-refractivity contribution in [3.05, 3.63) is 104 Å². The topological polar surface area (TPSA) is 82.9 Å². The summed E-state index contributed by atoms with van der Waals surface area (Å²) in [6, 6.07) is 15.2. The first-order chi connectivity index (χ1) is 18.7. The molecule has 7 nitrogen and oxygen atoms in total. The van der Waals surface area contributed by atoms with Crippen LogP contribution in [0.2, 0.25) is 5.02 Å². The number of carbonyl (C=O) groups excluding carboxylic acids is 2. The van der Waals surface area contributed by atoms with Crippen LogP contribution in [0.3, 0.4) is 0 Å². The summed E-state index contributed by atoms with van der Waals surface area (Å²) >= 11 is 6.12. The molecule has 5 rings (SSSR count). The molecule has 204 valence electrons. The molecule has 2 saturated heterocycles. The molecule has 0 aliphatic carbocycles. The molecule has 39 heavy (non-hydrogen) atoms. The van der Waals surface area contributed by atoms with E-state index < -0.39 is 11.4 Å². The van der Waals surface area contributed by atoms with Gasteiger partial charge in [-0.1, -0.05) is 48.0 Å². The summed E-state index contributed by atoms with van der Waals surface area (Å²) in [6.07, 6.45) is 0.692. The van der Waals surface area contributed by atoms with E-state index in [-0.39, 0.29) is 28.4 Å². The Kier molecular flexibility index (Phi) is 7.86. The third kappa shape index (κ3) is 5.77. The van der Waals surface area contributed by atoms with Gasteiger partial charge >= 0.3 is 5.63 Å². The van der Waals surface area contributed by atoms with Gasteiger partial charge in [0.25, 0.3) is 11.8 Å². The predicted octanol–water partition coefficient (Wildman–Crippen LogP) is 4.61. The van der Waals surface area contributed by atoms with E-state index in [1.165, 1.54) is 24.3 Å². The molecule has 2 aromatic carbocycles. The number of carbonyl (C=O) groups is 2. The Morgan fingerprint density at radius 1 is 1.03 bits per heavy atom. The average molecular weight is 552 g/mol. The van der Waals surface area contributed by atoms with Crippen LogP contribution >= 0.6 is 11.6 Å². The van der Waals surface area contributed by atoms with Crippen LogP contribution in [0.4, 0.5) is 4.39 Å². The first-order valence-electron chi connectivity index (χ1n) is 13.1. The smallest absolute Gasteiger partial charge is 0.336 e. The maximum Gasteiger partial charge on any atom is 0.336 e. The van der Waals surface area contributed by atoms with Gasteiger partial charge in [-0.2, -0.15) is 0 Å². The Balaban J connectivity index is 1.22. The Bertz CT molecular complexity index is 1380. The third-order valence-electron chi connectivity index (χ3n) is 7.83. The van der Waals surface area contributed by atoms with Crippen LogP contribution in [0.25, 0.3) is 0 Å². The summed E-state index contributed by atoms with van der Waals surface area (Å²) in [7, 11) is 0. The van der Waals surface area contributed by atoms with Crippen LogP contribution in [0.1, 0.15) is 50.1 Å². The summed E-state index contributed by atoms with van der Waals surface area (Å²) in [5, 5.41) is 3.28. The number of amides is 2. The maximum atomic E-state index is 14.3. The second-order valence-corrected chi connectivity index (χ2v) is 10.9. The third-order valence-corrected chi connectivity index (χ3v) is 8.14. The van der Waals surface area contributed by atoms with Crippen LogP contribution < -0.4 is 10.9 Å².